The first-order chi connectivity index (χ1) is 9.19. The van der Waals surface area contributed by atoms with Gasteiger partial charge in [-0.2, -0.15) is 0 Å². The molecule has 0 radical (unpaired) electrons. The van der Waals surface area contributed by atoms with Crippen molar-refractivity contribution in [3.63, 3.8) is 0 Å². The number of nitrogens with zero attached hydrogens (tertiary/aromatic N) is 2. The van der Waals surface area contributed by atoms with Crippen LogP contribution in [0.4, 0.5) is 5.82 Å². The van der Waals surface area contributed by atoms with Gasteiger partial charge in [0.15, 0.2) is 0 Å². The Kier molecular flexibility index (Phi) is 4.15. The van der Waals surface area contributed by atoms with Crippen LogP contribution in [0.2, 0.25) is 0 Å². The van der Waals surface area contributed by atoms with Gasteiger partial charge >= 0.3 is 0 Å². The average molecular weight is 255 g/mol. The van der Waals surface area contributed by atoms with E-state index in [4.69, 9.17) is 0 Å². The molecule has 2 rings (SSSR count). The van der Waals surface area contributed by atoms with Gasteiger partial charge in [-0.25, -0.2) is 9.97 Å². The zero-order valence-electron chi connectivity index (χ0n) is 12.1. The fraction of sp³-hybridized carbons (Fsp3) is 0.375. The number of aromatic nitrogens is 2. The van der Waals surface area contributed by atoms with Gasteiger partial charge in [0.25, 0.3) is 0 Å². The predicted molar refractivity (Wildman–Crippen MR) is 80.5 cm³/mol. The second-order valence-corrected chi connectivity index (χ2v) is 4.68. The smallest absolute Gasteiger partial charge is 0.133 e. The minimum absolute atomic E-state index is 0.871. The molecule has 0 aliphatic carbocycles. The van der Waals surface area contributed by atoms with Crippen LogP contribution in [0.25, 0.3) is 11.3 Å². The summed E-state index contributed by atoms with van der Waals surface area (Å²) in [7, 11) is 0. The summed E-state index contributed by atoms with van der Waals surface area (Å²) in [6.07, 6.45) is 2.57. The lowest BCUT2D eigenvalue weighted by molar-refractivity contribution is 1.03. The molecule has 3 heteroatoms. The fourth-order valence-electron chi connectivity index (χ4n) is 2.31. The number of hydrogen-bond donors (Lipinski definition) is 1. The second-order valence-electron chi connectivity index (χ2n) is 4.68. The molecule has 1 aromatic carbocycles. The molecule has 0 spiro atoms. The van der Waals surface area contributed by atoms with Crippen molar-refractivity contribution in [3.05, 3.63) is 41.2 Å². The van der Waals surface area contributed by atoms with Gasteiger partial charge in [-0.05, 0) is 38.3 Å². The molecule has 19 heavy (non-hydrogen) atoms. The molecule has 0 atom stereocenters. The lowest BCUT2D eigenvalue weighted by Crippen LogP contribution is -2.06. The third-order valence-electron chi connectivity index (χ3n) is 3.50. The van der Waals surface area contributed by atoms with Gasteiger partial charge < -0.3 is 5.32 Å². The van der Waals surface area contributed by atoms with Crippen LogP contribution in [0.5, 0.6) is 0 Å². The monoisotopic (exact) mass is 255 g/mol. The summed E-state index contributed by atoms with van der Waals surface area (Å²) >= 11 is 0. The third kappa shape index (κ3) is 2.60. The van der Waals surface area contributed by atoms with E-state index in [2.05, 4.69) is 61.2 Å². The number of anilines is 1. The summed E-state index contributed by atoms with van der Waals surface area (Å²) in [4.78, 5) is 8.87. The minimum atomic E-state index is 0.871. The summed E-state index contributed by atoms with van der Waals surface area (Å²) < 4.78 is 0. The van der Waals surface area contributed by atoms with E-state index in [0.29, 0.717) is 0 Å². The molecule has 2 aromatic rings. The van der Waals surface area contributed by atoms with Crippen molar-refractivity contribution in [2.45, 2.75) is 34.1 Å². The Hall–Kier alpha value is -1.90. The van der Waals surface area contributed by atoms with Crippen LogP contribution in [-0.4, -0.2) is 16.5 Å². The molecule has 0 bridgehead atoms. The van der Waals surface area contributed by atoms with E-state index in [-0.39, 0.29) is 0 Å². The molecule has 3 nitrogen and oxygen atoms in total. The highest BCUT2D eigenvalue weighted by molar-refractivity contribution is 5.71. The second kappa shape index (κ2) is 5.83. The zero-order valence-corrected chi connectivity index (χ0v) is 12.1. The maximum Gasteiger partial charge on any atom is 0.133 e. The highest BCUT2D eigenvalue weighted by Gasteiger charge is 2.13. The zero-order chi connectivity index (χ0) is 13.8. The van der Waals surface area contributed by atoms with Crippen LogP contribution in [0.3, 0.4) is 0 Å². The number of hydrogen-bond acceptors (Lipinski definition) is 3. The average Bonchev–Trinajstić information content (AvgIpc) is 2.42. The Morgan fingerprint density at radius 2 is 1.89 bits per heavy atom. The number of aryl methyl sites for hydroxylation is 1. The summed E-state index contributed by atoms with van der Waals surface area (Å²) in [5.41, 5.74) is 6.03. The van der Waals surface area contributed by atoms with Crippen LogP contribution in [0, 0.1) is 13.8 Å². The highest BCUT2D eigenvalue weighted by atomic mass is 15.0. The number of benzene rings is 1. The van der Waals surface area contributed by atoms with Crippen molar-refractivity contribution in [2.24, 2.45) is 0 Å². The van der Waals surface area contributed by atoms with E-state index in [1.165, 1.54) is 22.3 Å². The molecule has 1 aromatic heterocycles. The SMILES string of the molecule is CCNc1ncnc(-c2cccc(C)c2C)c1CC. The van der Waals surface area contributed by atoms with Gasteiger partial charge in [-0.15, -0.1) is 0 Å². The van der Waals surface area contributed by atoms with E-state index in [1.54, 1.807) is 6.33 Å². The molecule has 0 saturated heterocycles. The lowest BCUT2D eigenvalue weighted by atomic mass is 9.97. The van der Waals surface area contributed by atoms with Crippen molar-refractivity contribution in [3.8, 4) is 11.3 Å². The first-order valence-electron chi connectivity index (χ1n) is 6.83. The standard InChI is InChI=1S/C16H21N3/c1-5-13-15(18-10-19-16(13)17-6-2)14-9-7-8-11(3)12(14)4/h7-10H,5-6H2,1-4H3,(H,17,18,19). The normalized spacial score (nSPS) is 10.5. The van der Waals surface area contributed by atoms with Crippen LogP contribution in [0.1, 0.15) is 30.5 Å². The summed E-state index contributed by atoms with van der Waals surface area (Å²) in [5, 5.41) is 3.32. The summed E-state index contributed by atoms with van der Waals surface area (Å²) in [6, 6.07) is 6.36. The van der Waals surface area contributed by atoms with Crippen LogP contribution in [-0.2, 0) is 6.42 Å². The van der Waals surface area contributed by atoms with Gasteiger partial charge in [0.05, 0.1) is 5.69 Å². The summed E-state index contributed by atoms with van der Waals surface area (Å²) in [6.45, 7) is 9.39. The minimum Gasteiger partial charge on any atom is -0.370 e. The molecule has 1 heterocycles. The molecular weight excluding hydrogens is 234 g/mol. The maximum atomic E-state index is 4.51. The number of nitrogens with one attached hydrogen (secondary N) is 1. The van der Waals surface area contributed by atoms with Gasteiger partial charge in [-0.3, -0.25) is 0 Å². The van der Waals surface area contributed by atoms with E-state index in [1.807, 2.05) is 0 Å². The van der Waals surface area contributed by atoms with Gasteiger partial charge in [0.1, 0.15) is 12.1 Å². The van der Waals surface area contributed by atoms with E-state index < -0.39 is 0 Å². The fourth-order valence-corrected chi connectivity index (χ4v) is 2.31. The molecule has 1 N–H and O–H groups in total. The van der Waals surface area contributed by atoms with E-state index in [0.717, 1.165) is 24.5 Å². The van der Waals surface area contributed by atoms with E-state index in [9.17, 15) is 0 Å². The van der Waals surface area contributed by atoms with Crippen molar-refractivity contribution < 1.29 is 0 Å². The first-order valence-corrected chi connectivity index (χ1v) is 6.83. The quantitative estimate of drug-likeness (QED) is 0.904. The van der Waals surface area contributed by atoms with Gasteiger partial charge in [0.2, 0.25) is 0 Å². The molecule has 0 amide bonds. The van der Waals surface area contributed by atoms with Crippen molar-refractivity contribution in [2.75, 3.05) is 11.9 Å². The van der Waals surface area contributed by atoms with Crippen molar-refractivity contribution >= 4 is 5.82 Å². The maximum absolute atomic E-state index is 4.51. The van der Waals surface area contributed by atoms with Crippen molar-refractivity contribution in [1.29, 1.82) is 0 Å². The van der Waals surface area contributed by atoms with Crippen LogP contribution in [0.15, 0.2) is 24.5 Å². The molecule has 0 saturated carbocycles. The molecule has 0 fully saturated rings. The molecular formula is C16H21N3. The highest BCUT2D eigenvalue weighted by Crippen LogP contribution is 2.29. The predicted octanol–water partition coefficient (Wildman–Crippen LogP) is 3.75. The van der Waals surface area contributed by atoms with Crippen LogP contribution >= 0.6 is 0 Å². The Balaban J connectivity index is 2.61. The van der Waals surface area contributed by atoms with Gasteiger partial charge in [0, 0.05) is 17.7 Å². The van der Waals surface area contributed by atoms with E-state index >= 15 is 0 Å². The Morgan fingerprint density at radius 1 is 1.11 bits per heavy atom. The lowest BCUT2D eigenvalue weighted by Gasteiger charge is -2.14. The Morgan fingerprint density at radius 3 is 2.58 bits per heavy atom. The largest absolute Gasteiger partial charge is 0.370 e. The van der Waals surface area contributed by atoms with Crippen molar-refractivity contribution in [1.82, 2.24) is 9.97 Å². The van der Waals surface area contributed by atoms with Crippen LogP contribution < -0.4 is 5.32 Å². The first kappa shape index (κ1) is 13.5. The molecule has 0 aliphatic heterocycles. The summed E-state index contributed by atoms with van der Waals surface area (Å²) in [5.74, 6) is 0.955. The number of rotatable bonds is 4. The molecule has 0 unspecified atom stereocenters. The molecule has 100 valence electrons. The van der Waals surface area contributed by atoms with Gasteiger partial charge in [-0.1, -0.05) is 25.1 Å². The molecule has 0 aliphatic rings. The Labute approximate surface area is 115 Å². The Bertz CT molecular complexity index is 576. The third-order valence-corrected chi connectivity index (χ3v) is 3.50. The topological polar surface area (TPSA) is 37.8 Å².